The maximum absolute atomic E-state index is 13.5. The number of carbonyl (C=O) groups excluding carboxylic acids is 7. The van der Waals surface area contributed by atoms with E-state index in [0.717, 1.165) is 55.6 Å². The van der Waals surface area contributed by atoms with Gasteiger partial charge in [-0.1, -0.05) is 32.1 Å². The zero-order valence-electron chi connectivity index (χ0n) is 36.2. The first-order chi connectivity index (χ1) is 29.8. The smallest absolute Gasteiger partial charge is 0.249 e. The van der Waals surface area contributed by atoms with Crippen molar-refractivity contribution in [2.24, 2.45) is 23.7 Å². The summed E-state index contributed by atoms with van der Waals surface area (Å²) in [6.07, 6.45) is 14.7. The molecular weight excluding hydrogens is 841 g/mol. The Balaban J connectivity index is 0.809. The molecule has 0 aromatic rings. The minimum absolute atomic E-state index is 0.0562. The van der Waals surface area contributed by atoms with Crippen molar-refractivity contribution in [3.8, 4) is 0 Å². The van der Waals surface area contributed by atoms with Crippen LogP contribution in [0.25, 0.3) is 0 Å². The fourth-order valence-electron chi connectivity index (χ4n) is 9.90. The van der Waals surface area contributed by atoms with Gasteiger partial charge in [-0.25, -0.2) is 12.7 Å². The fraction of sp³-hybridized carbons (Fsp3) is 0.833. The number of nitrogens with zero attached hydrogens (tertiary/aromatic N) is 2. The first-order valence-corrected chi connectivity index (χ1v) is 25.9. The van der Waals surface area contributed by atoms with Crippen molar-refractivity contribution < 1.29 is 46.7 Å². The standard InChI is InChI=1S/C42H68N8O10S2/c1-62(58,59)49-21-17-28(25-49)37(53)45-32(38(54)48-42-46-33(26-61-42)27-10-5-4-6-11-27)18-23-60-22-9-12-35(51)44-20-8-3-2-7-19-43-29-13-14-30-31(24-29)41(57)50(40(30)56)34-15-16-36(52)47-39(34)55/h27-34,42-43,46H,2-26H2,1H3,(H,44,51)(H,45,53)(H,48,54)(H,47,52,55)/t28?,29?,30?,31?,32-,33?,34?,42?/m0/s1. The van der Waals surface area contributed by atoms with E-state index in [0.29, 0.717) is 57.2 Å². The number of hydrogen-bond acceptors (Lipinski definition) is 13. The van der Waals surface area contributed by atoms with Gasteiger partial charge in [0, 0.05) is 63.5 Å². The molecule has 4 heterocycles. The van der Waals surface area contributed by atoms with Crippen molar-refractivity contribution in [2.45, 2.75) is 145 Å². The normalized spacial score (nSPS) is 29.0. The number of nitrogens with one attached hydrogen (secondary N) is 6. The Kier molecular flexibility index (Phi) is 18.0. The van der Waals surface area contributed by atoms with Gasteiger partial charge in [-0.2, -0.15) is 0 Å². The van der Waals surface area contributed by atoms with Gasteiger partial charge in [0.05, 0.1) is 24.0 Å². The van der Waals surface area contributed by atoms with Crippen molar-refractivity contribution in [1.29, 1.82) is 0 Å². The summed E-state index contributed by atoms with van der Waals surface area (Å²) < 4.78 is 31.1. The molecule has 4 saturated heterocycles. The van der Waals surface area contributed by atoms with E-state index in [2.05, 4.69) is 31.9 Å². The molecule has 2 aliphatic carbocycles. The van der Waals surface area contributed by atoms with Crippen LogP contribution in [0.5, 0.6) is 0 Å². The van der Waals surface area contributed by atoms with Gasteiger partial charge in [-0.05, 0) is 83.1 Å². The van der Waals surface area contributed by atoms with E-state index in [4.69, 9.17) is 4.74 Å². The first-order valence-electron chi connectivity index (χ1n) is 23.0. The Morgan fingerprint density at radius 1 is 0.887 bits per heavy atom. The molecule has 0 aromatic heterocycles. The van der Waals surface area contributed by atoms with E-state index >= 15 is 0 Å². The van der Waals surface area contributed by atoms with Gasteiger partial charge in [0.25, 0.3) is 0 Å². The molecule has 6 aliphatic rings. The Morgan fingerprint density at radius 2 is 1.65 bits per heavy atom. The summed E-state index contributed by atoms with van der Waals surface area (Å²) in [6.45, 7) is 2.25. The van der Waals surface area contributed by atoms with Gasteiger partial charge in [-0.3, -0.25) is 49.1 Å². The molecular formula is C42H68N8O10S2. The Bertz CT molecular complexity index is 1730. The molecule has 18 nitrogen and oxygen atoms in total. The Morgan fingerprint density at radius 3 is 2.39 bits per heavy atom. The third-order valence-corrected chi connectivity index (χ3v) is 15.9. The van der Waals surface area contributed by atoms with Crippen molar-refractivity contribution in [3.05, 3.63) is 0 Å². The van der Waals surface area contributed by atoms with E-state index in [9.17, 15) is 42.0 Å². The number of piperidine rings is 1. The summed E-state index contributed by atoms with van der Waals surface area (Å²) in [6, 6.07) is -1.29. The van der Waals surface area contributed by atoms with Crippen molar-refractivity contribution in [3.63, 3.8) is 0 Å². The third kappa shape index (κ3) is 13.4. The number of sulfonamides is 1. The zero-order chi connectivity index (χ0) is 44.2. The lowest BCUT2D eigenvalue weighted by atomic mass is 9.78. The maximum atomic E-state index is 13.5. The number of imide groups is 2. The van der Waals surface area contributed by atoms with Crippen LogP contribution in [0, 0.1) is 23.7 Å². The van der Waals surface area contributed by atoms with Crippen molar-refractivity contribution in [1.82, 2.24) is 41.1 Å². The number of ether oxygens (including phenoxy) is 1. The minimum atomic E-state index is -3.41. The predicted octanol–water partition coefficient (Wildman–Crippen LogP) is 0.850. The molecule has 20 heteroatoms. The van der Waals surface area contributed by atoms with E-state index in [1.807, 2.05) is 0 Å². The molecule has 0 aromatic carbocycles. The number of likely N-dealkylation sites (tertiary alicyclic amines) is 1. The summed E-state index contributed by atoms with van der Waals surface area (Å²) in [5.74, 6) is -2.09. The van der Waals surface area contributed by atoms with Gasteiger partial charge < -0.3 is 26.0 Å². The van der Waals surface area contributed by atoms with Crippen LogP contribution in [0.2, 0.25) is 0 Å². The van der Waals surface area contributed by atoms with Crippen LogP contribution in [-0.4, -0.2) is 140 Å². The minimum Gasteiger partial charge on any atom is -0.381 e. The fourth-order valence-corrected chi connectivity index (χ4v) is 12.0. The molecule has 62 heavy (non-hydrogen) atoms. The topological polar surface area (TPSA) is 242 Å². The molecule has 7 unspecified atom stereocenters. The highest BCUT2D eigenvalue weighted by molar-refractivity contribution is 8.00. The van der Waals surface area contributed by atoms with Crippen LogP contribution < -0.4 is 31.9 Å². The van der Waals surface area contributed by atoms with Gasteiger partial charge in [0.2, 0.25) is 51.4 Å². The molecule has 0 radical (unpaired) electrons. The van der Waals surface area contributed by atoms with E-state index in [1.54, 1.807) is 11.8 Å². The van der Waals surface area contributed by atoms with Gasteiger partial charge in [0.1, 0.15) is 17.6 Å². The van der Waals surface area contributed by atoms with E-state index in [-0.39, 0.29) is 85.9 Å². The highest BCUT2D eigenvalue weighted by Gasteiger charge is 2.54. The SMILES string of the molecule is CS(=O)(=O)N1CCC(C(=O)N[C@@H](CCOCCCC(=O)NCCCCCCNC2CCC3C(=O)N(C4CCC(=O)NC4=O)C(=O)C3C2)C(=O)NC2NC(C3CCCCC3)CS2)C1. The number of carbonyl (C=O) groups is 7. The quantitative estimate of drug-likeness (QED) is 0.0654. The maximum Gasteiger partial charge on any atom is 0.249 e. The van der Waals surface area contributed by atoms with Gasteiger partial charge >= 0.3 is 0 Å². The van der Waals surface area contributed by atoms with Gasteiger partial charge in [0.15, 0.2) is 0 Å². The second-order valence-corrected chi connectivity index (χ2v) is 21.1. The highest BCUT2D eigenvalue weighted by atomic mass is 32.2. The van der Waals surface area contributed by atoms with Crippen LogP contribution >= 0.6 is 11.8 Å². The molecule has 2 saturated carbocycles. The second-order valence-electron chi connectivity index (χ2n) is 18.0. The van der Waals surface area contributed by atoms with Gasteiger partial charge in [-0.15, -0.1) is 11.8 Å². The number of thioether (sulfide) groups is 1. The average molecular weight is 909 g/mol. The first kappa shape index (κ1) is 48.3. The second kappa shape index (κ2) is 23.1. The predicted molar refractivity (Wildman–Crippen MR) is 231 cm³/mol. The molecule has 6 rings (SSSR count). The largest absolute Gasteiger partial charge is 0.381 e. The lowest BCUT2D eigenvalue weighted by Crippen LogP contribution is -2.54. The third-order valence-electron chi connectivity index (χ3n) is 13.5. The number of rotatable bonds is 22. The Labute approximate surface area is 370 Å². The number of fused-ring (bicyclic) bond motifs is 1. The van der Waals surface area contributed by atoms with Crippen molar-refractivity contribution in [2.75, 3.05) is 51.4 Å². The van der Waals surface area contributed by atoms with E-state index < -0.39 is 45.8 Å². The van der Waals surface area contributed by atoms with Crippen LogP contribution in [0.4, 0.5) is 0 Å². The summed E-state index contributed by atoms with van der Waals surface area (Å²) in [7, 11) is -3.41. The molecule has 7 amide bonds. The molecule has 0 spiro atoms. The molecule has 6 fully saturated rings. The summed E-state index contributed by atoms with van der Waals surface area (Å²) in [5, 5.41) is 18.3. The number of hydrogen-bond donors (Lipinski definition) is 6. The molecule has 4 aliphatic heterocycles. The monoisotopic (exact) mass is 908 g/mol. The summed E-state index contributed by atoms with van der Waals surface area (Å²) in [4.78, 5) is 90.5. The Hall–Kier alpha value is -3.17. The van der Waals surface area contributed by atoms with Crippen LogP contribution in [0.15, 0.2) is 0 Å². The molecule has 348 valence electrons. The van der Waals surface area contributed by atoms with Crippen molar-refractivity contribution >= 4 is 63.1 Å². The summed E-state index contributed by atoms with van der Waals surface area (Å²) in [5.41, 5.74) is -0.252. The highest BCUT2D eigenvalue weighted by Crippen LogP contribution is 2.40. The lowest BCUT2D eigenvalue weighted by molar-refractivity contribution is -0.151. The molecule has 6 N–H and O–H groups in total. The van der Waals surface area contributed by atoms with Crippen LogP contribution in [-0.2, 0) is 48.3 Å². The molecule has 0 bridgehead atoms. The zero-order valence-corrected chi connectivity index (χ0v) is 37.8. The molecule has 8 atom stereocenters. The summed E-state index contributed by atoms with van der Waals surface area (Å²) >= 11 is 1.66. The van der Waals surface area contributed by atoms with Crippen LogP contribution in [0.1, 0.15) is 116 Å². The number of amides is 7. The number of unbranched alkanes of at least 4 members (excludes halogenated alkanes) is 3. The average Bonchev–Trinajstić information content (AvgIpc) is 3.99. The lowest BCUT2D eigenvalue weighted by Gasteiger charge is -2.29. The van der Waals surface area contributed by atoms with E-state index in [1.165, 1.54) is 36.4 Å². The van der Waals surface area contributed by atoms with Crippen LogP contribution in [0.3, 0.4) is 0 Å².